The second kappa shape index (κ2) is 7.67. The SMILES string of the molecule is CC(C)CCn1c(=O)c(C2=NS(O)(O)c3c(CO)csc3N2)c(O)c2cccnc21. The fourth-order valence-electron chi connectivity index (χ4n) is 3.36. The lowest BCUT2D eigenvalue weighted by atomic mass is 10.1. The van der Waals surface area contributed by atoms with E-state index in [1.807, 2.05) is 13.8 Å². The lowest BCUT2D eigenvalue weighted by Crippen LogP contribution is -2.32. The summed E-state index contributed by atoms with van der Waals surface area (Å²) in [4.78, 5) is 17.7. The number of hydrogen-bond donors (Lipinski definition) is 5. The minimum atomic E-state index is -3.66. The molecular weight excluding hydrogens is 428 g/mol. The number of aliphatic hydroxyl groups excluding tert-OH is 1. The number of pyridine rings is 2. The molecule has 160 valence electrons. The number of thiophene rings is 1. The van der Waals surface area contributed by atoms with Gasteiger partial charge in [0.2, 0.25) is 0 Å². The van der Waals surface area contributed by atoms with Crippen LogP contribution in [0.3, 0.4) is 0 Å². The first-order chi connectivity index (χ1) is 14.2. The summed E-state index contributed by atoms with van der Waals surface area (Å²) in [5.74, 6) is -0.108. The Kier molecular flexibility index (Phi) is 5.32. The number of aromatic nitrogens is 2. The van der Waals surface area contributed by atoms with Crippen LogP contribution < -0.4 is 10.9 Å². The van der Waals surface area contributed by atoms with E-state index in [4.69, 9.17) is 0 Å². The molecule has 0 saturated carbocycles. The molecule has 1 aliphatic heterocycles. The Hall–Kier alpha value is -2.44. The molecule has 0 amide bonds. The van der Waals surface area contributed by atoms with Crippen LogP contribution in [0.2, 0.25) is 0 Å². The average molecular weight is 451 g/mol. The molecule has 0 spiro atoms. The Bertz CT molecular complexity index is 1220. The largest absolute Gasteiger partial charge is 0.506 e. The van der Waals surface area contributed by atoms with Crippen molar-refractivity contribution in [3.8, 4) is 5.75 Å². The van der Waals surface area contributed by atoms with Gasteiger partial charge in [0.25, 0.3) is 5.56 Å². The van der Waals surface area contributed by atoms with Gasteiger partial charge in [-0.25, -0.2) is 4.98 Å². The van der Waals surface area contributed by atoms with E-state index in [0.29, 0.717) is 34.1 Å². The maximum Gasteiger partial charge on any atom is 0.267 e. The summed E-state index contributed by atoms with van der Waals surface area (Å²) in [5.41, 5.74) is 0.0328. The topological polar surface area (TPSA) is 140 Å². The smallest absolute Gasteiger partial charge is 0.267 e. The van der Waals surface area contributed by atoms with Crippen molar-refractivity contribution >= 4 is 44.0 Å². The summed E-state index contributed by atoms with van der Waals surface area (Å²) in [6.45, 7) is 4.10. The number of anilines is 1. The van der Waals surface area contributed by atoms with Gasteiger partial charge in [-0.05, 0) is 24.5 Å². The van der Waals surface area contributed by atoms with E-state index in [2.05, 4.69) is 14.7 Å². The normalized spacial score (nSPS) is 16.3. The van der Waals surface area contributed by atoms with Crippen LogP contribution in [0, 0.1) is 5.92 Å². The minimum Gasteiger partial charge on any atom is -0.506 e. The predicted molar refractivity (Wildman–Crippen MR) is 119 cm³/mol. The quantitative estimate of drug-likeness (QED) is 0.400. The Labute approximate surface area is 177 Å². The van der Waals surface area contributed by atoms with Crippen LogP contribution in [-0.4, -0.2) is 34.7 Å². The second-order valence-electron chi connectivity index (χ2n) is 7.40. The van der Waals surface area contributed by atoms with Gasteiger partial charge in [0.1, 0.15) is 26.9 Å². The highest BCUT2D eigenvalue weighted by atomic mass is 32.3. The maximum atomic E-state index is 13.4. The molecule has 0 unspecified atom stereocenters. The van der Waals surface area contributed by atoms with E-state index in [1.165, 1.54) is 4.57 Å². The molecular formula is C19H22N4O5S2. The number of fused-ring (bicyclic) bond motifs is 2. The number of nitrogens with one attached hydrogen (secondary N) is 1. The van der Waals surface area contributed by atoms with Gasteiger partial charge in [-0.1, -0.05) is 24.6 Å². The number of rotatable bonds is 5. The van der Waals surface area contributed by atoms with Crippen molar-refractivity contribution in [1.82, 2.24) is 9.55 Å². The van der Waals surface area contributed by atoms with Crippen molar-refractivity contribution < 1.29 is 19.3 Å². The summed E-state index contributed by atoms with van der Waals surface area (Å²) >= 11 is 1.16. The molecule has 0 radical (unpaired) electrons. The first-order valence-corrected chi connectivity index (χ1v) is 11.7. The Morgan fingerprint density at radius 1 is 1.33 bits per heavy atom. The predicted octanol–water partition coefficient (Wildman–Crippen LogP) is 3.60. The molecule has 0 saturated heterocycles. The molecule has 11 heteroatoms. The van der Waals surface area contributed by atoms with Gasteiger partial charge in [0.15, 0.2) is 5.84 Å². The number of aromatic hydroxyl groups is 1. The van der Waals surface area contributed by atoms with Crippen LogP contribution in [0.5, 0.6) is 5.75 Å². The average Bonchev–Trinajstić information content (AvgIpc) is 3.11. The van der Waals surface area contributed by atoms with Gasteiger partial charge in [-0.3, -0.25) is 18.5 Å². The summed E-state index contributed by atoms with van der Waals surface area (Å²) in [6.07, 6.45) is 2.27. The molecule has 5 N–H and O–H groups in total. The van der Waals surface area contributed by atoms with E-state index in [0.717, 1.165) is 17.8 Å². The summed E-state index contributed by atoms with van der Waals surface area (Å²) in [5, 5.41) is 25.6. The Balaban J connectivity index is 1.93. The monoisotopic (exact) mass is 450 g/mol. The molecule has 3 aromatic rings. The van der Waals surface area contributed by atoms with E-state index in [1.54, 1.807) is 23.7 Å². The van der Waals surface area contributed by atoms with Crippen molar-refractivity contribution in [3.63, 3.8) is 0 Å². The molecule has 1 aliphatic rings. The zero-order valence-electron chi connectivity index (χ0n) is 16.4. The zero-order valence-corrected chi connectivity index (χ0v) is 18.0. The Morgan fingerprint density at radius 3 is 2.80 bits per heavy atom. The first-order valence-electron chi connectivity index (χ1n) is 9.32. The van der Waals surface area contributed by atoms with E-state index >= 15 is 0 Å². The number of amidine groups is 1. The van der Waals surface area contributed by atoms with Gasteiger partial charge in [-0.2, -0.15) is 0 Å². The van der Waals surface area contributed by atoms with E-state index in [9.17, 15) is 24.1 Å². The molecule has 0 atom stereocenters. The first kappa shape index (κ1) is 20.8. The van der Waals surface area contributed by atoms with Crippen molar-refractivity contribution in [2.75, 3.05) is 5.32 Å². The van der Waals surface area contributed by atoms with E-state index < -0.39 is 16.3 Å². The molecule has 3 aromatic heterocycles. The van der Waals surface area contributed by atoms with Crippen molar-refractivity contribution in [2.24, 2.45) is 10.3 Å². The summed E-state index contributed by atoms with van der Waals surface area (Å²) in [6, 6.07) is 3.30. The summed E-state index contributed by atoms with van der Waals surface area (Å²) < 4.78 is 26.7. The lowest BCUT2D eigenvalue weighted by molar-refractivity contribution is 0.278. The van der Waals surface area contributed by atoms with E-state index in [-0.39, 0.29) is 28.7 Å². The van der Waals surface area contributed by atoms with Crippen molar-refractivity contribution in [3.05, 3.63) is 45.2 Å². The summed E-state index contributed by atoms with van der Waals surface area (Å²) in [7, 11) is -3.66. The molecule has 4 heterocycles. The third kappa shape index (κ3) is 3.38. The van der Waals surface area contributed by atoms with Gasteiger partial charge in [0.05, 0.1) is 12.0 Å². The van der Waals surface area contributed by atoms with Crippen LogP contribution in [0.1, 0.15) is 31.4 Å². The highest BCUT2D eigenvalue weighted by Gasteiger charge is 2.33. The number of nitrogens with zero attached hydrogens (tertiary/aromatic N) is 3. The van der Waals surface area contributed by atoms with Crippen LogP contribution in [0.15, 0.2) is 37.8 Å². The lowest BCUT2D eigenvalue weighted by Gasteiger charge is -2.33. The van der Waals surface area contributed by atoms with Crippen LogP contribution in [0.25, 0.3) is 11.0 Å². The third-order valence-electron chi connectivity index (χ3n) is 4.87. The molecule has 0 aliphatic carbocycles. The highest BCUT2D eigenvalue weighted by molar-refractivity contribution is 8.23. The van der Waals surface area contributed by atoms with Crippen LogP contribution >= 0.6 is 22.1 Å². The molecule has 30 heavy (non-hydrogen) atoms. The van der Waals surface area contributed by atoms with Gasteiger partial charge < -0.3 is 15.5 Å². The second-order valence-corrected chi connectivity index (χ2v) is 9.91. The number of aliphatic hydroxyl groups is 1. The van der Waals surface area contributed by atoms with Crippen LogP contribution in [0.4, 0.5) is 5.00 Å². The van der Waals surface area contributed by atoms with Gasteiger partial charge in [0, 0.05) is 23.7 Å². The van der Waals surface area contributed by atoms with Gasteiger partial charge in [-0.15, -0.1) is 15.7 Å². The zero-order chi connectivity index (χ0) is 21.6. The molecule has 0 aromatic carbocycles. The van der Waals surface area contributed by atoms with Gasteiger partial charge >= 0.3 is 0 Å². The Morgan fingerprint density at radius 2 is 2.10 bits per heavy atom. The standard InChI is InChI=1S/C19H22N4O5S2/c1-10(2)5-7-23-17-12(4-3-6-20-17)14(25)13(19(23)26)16-21-18-15(30(27,28)22-16)11(8-24)9-29-18/h3-4,6,9-10,24-25,27-28H,5,7-8H2,1-2H3,(H,21,22). The number of hydrogen-bond acceptors (Lipinski definition) is 9. The fourth-order valence-corrected chi connectivity index (χ4v) is 6.02. The van der Waals surface area contributed by atoms with Crippen molar-refractivity contribution in [1.29, 1.82) is 0 Å². The molecule has 4 rings (SSSR count). The maximum absolute atomic E-state index is 13.4. The molecule has 0 bridgehead atoms. The highest BCUT2D eigenvalue weighted by Crippen LogP contribution is 2.59. The fraction of sp³-hybridized carbons (Fsp3) is 0.316. The van der Waals surface area contributed by atoms with Crippen LogP contribution in [-0.2, 0) is 13.2 Å². The molecule has 0 fully saturated rings. The third-order valence-corrected chi connectivity index (χ3v) is 7.40. The van der Waals surface area contributed by atoms with Crippen molar-refractivity contribution in [2.45, 2.75) is 38.3 Å². The molecule has 9 nitrogen and oxygen atoms in total. The minimum absolute atomic E-state index is 0.112. The number of aryl methyl sites for hydroxylation is 1.